The number of benzene rings is 2. The van der Waals surface area contributed by atoms with E-state index < -0.39 is 30.4 Å². The maximum atomic E-state index is 13.0. The number of carboxylic acids is 2. The molecule has 260 valence electrons. The van der Waals surface area contributed by atoms with Gasteiger partial charge < -0.3 is 29.7 Å². The zero-order valence-corrected chi connectivity index (χ0v) is 25.3. The lowest BCUT2D eigenvalue weighted by molar-refractivity contribution is -0.193. The van der Waals surface area contributed by atoms with Crippen molar-refractivity contribution in [2.75, 3.05) is 53.1 Å². The molecule has 11 nitrogen and oxygen atoms in total. The van der Waals surface area contributed by atoms with Crippen molar-refractivity contribution in [3.63, 3.8) is 0 Å². The zero-order valence-electron chi connectivity index (χ0n) is 25.3. The van der Waals surface area contributed by atoms with Crippen molar-refractivity contribution in [1.82, 2.24) is 15.1 Å². The predicted octanol–water partition coefficient (Wildman–Crippen LogP) is 3.41. The van der Waals surface area contributed by atoms with Crippen LogP contribution >= 0.6 is 0 Å². The molecule has 5 rings (SSSR count). The molecule has 2 aromatic carbocycles. The van der Waals surface area contributed by atoms with Gasteiger partial charge in [0.1, 0.15) is 11.9 Å². The molecule has 3 aliphatic rings. The van der Waals surface area contributed by atoms with E-state index in [0.29, 0.717) is 19.6 Å². The minimum Gasteiger partial charge on any atom is -0.497 e. The van der Waals surface area contributed by atoms with Gasteiger partial charge in [-0.25, -0.2) is 9.59 Å². The van der Waals surface area contributed by atoms with Gasteiger partial charge in [-0.15, -0.1) is 0 Å². The van der Waals surface area contributed by atoms with Gasteiger partial charge in [0.25, 0.3) is 0 Å². The van der Waals surface area contributed by atoms with Gasteiger partial charge in [0.15, 0.2) is 0 Å². The Morgan fingerprint density at radius 1 is 0.979 bits per heavy atom. The molecule has 0 bridgehead atoms. The Labute approximate surface area is 266 Å². The Hall–Kier alpha value is -3.93. The molecule has 17 heteroatoms. The van der Waals surface area contributed by atoms with E-state index in [1.165, 1.54) is 16.7 Å². The molecule has 0 aliphatic carbocycles. The largest absolute Gasteiger partial charge is 0.497 e. The molecular weight excluding hydrogens is 644 g/mol. The number of hydrogen-bond acceptors (Lipinski definition) is 8. The van der Waals surface area contributed by atoms with E-state index in [9.17, 15) is 31.1 Å². The number of nitrogens with zero attached hydrogens (tertiary/aromatic N) is 2. The normalized spacial score (nSPS) is 21.1. The van der Waals surface area contributed by atoms with Crippen molar-refractivity contribution >= 4 is 17.8 Å². The van der Waals surface area contributed by atoms with E-state index in [0.717, 1.165) is 51.7 Å². The van der Waals surface area contributed by atoms with Crippen LogP contribution in [-0.2, 0) is 42.5 Å². The van der Waals surface area contributed by atoms with Crippen molar-refractivity contribution in [3.05, 3.63) is 65.2 Å². The van der Waals surface area contributed by atoms with E-state index >= 15 is 0 Å². The van der Waals surface area contributed by atoms with Crippen LogP contribution in [0.25, 0.3) is 0 Å². The molecule has 0 radical (unpaired) electrons. The van der Waals surface area contributed by atoms with E-state index in [2.05, 4.69) is 51.5 Å². The summed E-state index contributed by atoms with van der Waals surface area (Å²) in [5.74, 6) is -4.66. The van der Waals surface area contributed by atoms with Crippen LogP contribution in [-0.4, -0.2) is 109 Å². The number of morpholine rings is 1. The minimum atomic E-state index is -5.08. The first-order valence-corrected chi connectivity index (χ1v) is 14.3. The maximum Gasteiger partial charge on any atom is 0.490 e. The van der Waals surface area contributed by atoms with Crippen LogP contribution in [0.2, 0.25) is 0 Å². The monoisotopic (exact) mass is 679 g/mol. The second kappa shape index (κ2) is 16.3. The van der Waals surface area contributed by atoms with Crippen LogP contribution in [0.4, 0.5) is 26.3 Å². The van der Waals surface area contributed by atoms with E-state index in [1.807, 2.05) is 12.1 Å². The van der Waals surface area contributed by atoms with Crippen molar-refractivity contribution in [3.8, 4) is 5.75 Å². The SMILES string of the molecule is COc1cccc(CN2Cc3ccccc3C23COC(C(=O)NCCN2CCOCC2)C3)c1.O=C(O)C(F)(F)F.O=C(O)C(F)(F)F. The number of alkyl halides is 6. The highest BCUT2D eigenvalue weighted by Gasteiger charge is 2.52. The van der Waals surface area contributed by atoms with Gasteiger partial charge in [0.2, 0.25) is 5.91 Å². The molecular formula is C30H35F6N3O8. The Morgan fingerprint density at radius 2 is 1.60 bits per heavy atom. The Balaban J connectivity index is 0.000000360. The highest BCUT2D eigenvalue weighted by molar-refractivity contribution is 5.81. The van der Waals surface area contributed by atoms with Crippen LogP contribution in [0, 0.1) is 0 Å². The molecule has 2 saturated heterocycles. The third kappa shape index (κ3) is 10.5. The quantitative estimate of drug-likeness (QED) is 0.374. The first kappa shape index (κ1) is 37.5. The number of ether oxygens (including phenoxy) is 3. The van der Waals surface area contributed by atoms with Gasteiger partial charge in [0.05, 0.1) is 32.5 Å². The maximum absolute atomic E-state index is 13.0. The van der Waals surface area contributed by atoms with E-state index in [-0.39, 0.29) is 11.4 Å². The fraction of sp³-hybridized carbons (Fsp3) is 0.500. The summed E-state index contributed by atoms with van der Waals surface area (Å²) in [7, 11) is 1.69. The molecule has 2 atom stereocenters. The lowest BCUT2D eigenvalue weighted by atomic mass is 9.86. The van der Waals surface area contributed by atoms with Crippen LogP contribution < -0.4 is 10.1 Å². The summed E-state index contributed by atoms with van der Waals surface area (Å²) in [5.41, 5.74) is 3.51. The number of hydrogen-bond donors (Lipinski definition) is 3. The number of carbonyl (C=O) groups excluding carboxylic acids is 1. The number of rotatable bonds is 7. The highest BCUT2D eigenvalue weighted by Crippen LogP contribution is 2.47. The van der Waals surface area contributed by atoms with Gasteiger partial charge >= 0.3 is 24.3 Å². The Kier molecular flexibility index (Phi) is 13.0. The standard InChI is InChI=1S/C26H33N3O4.2C2HF3O2/c1-31-22-7-4-5-20(15-22)17-29-18-21-6-2-3-8-23(21)26(29)16-24(33-19-26)25(30)27-9-10-28-11-13-32-14-12-28;2*3-2(4,5)1(6)7/h2-8,15,24H,9-14,16-19H2,1H3,(H,27,30);2*(H,6,7). The lowest BCUT2D eigenvalue weighted by Gasteiger charge is -2.35. The second-order valence-corrected chi connectivity index (χ2v) is 10.8. The van der Waals surface area contributed by atoms with Crippen LogP contribution in [0.5, 0.6) is 5.75 Å². The number of carbonyl (C=O) groups is 3. The Morgan fingerprint density at radius 3 is 2.19 bits per heavy atom. The molecule has 2 aromatic rings. The van der Waals surface area contributed by atoms with Crippen molar-refractivity contribution < 1.29 is 65.1 Å². The number of carboxylic acid groups (broad SMARTS) is 2. The number of aliphatic carboxylic acids is 2. The fourth-order valence-electron chi connectivity index (χ4n) is 5.35. The molecule has 3 heterocycles. The van der Waals surface area contributed by atoms with Gasteiger partial charge in [-0.1, -0.05) is 36.4 Å². The summed E-state index contributed by atoms with van der Waals surface area (Å²) in [5, 5.41) is 17.4. The molecule has 1 spiro atoms. The molecule has 2 fully saturated rings. The smallest absolute Gasteiger partial charge is 0.490 e. The number of amides is 1. The van der Waals surface area contributed by atoms with Gasteiger partial charge in [0, 0.05) is 45.7 Å². The summed E-state index contributed by atoms with van der Waals surface area (Å²) in [6.45, 7) is 7.02. The Bertz CT molecular complexity index is 1350. The topological polar surface area (TPSA) is 138 Å². The first-order valence-electron chi connectivity index (χ1n) is 14.3. The highest BCUT2D eigenvalue weighted by atomic mass is 19.4. The molecule has 0 aromatic heterocycles. The molecule has 2 unspecified atom stereocenters. The summed E-state index contributed by atoms with van der Waals surface area (Å²) in [4.78, 5) is 35.6. The summed E-state index contributed by atoms with van der Waals surface area (Å²) in [6, 6.07) is 16.8. The van der Waals surface area contributed by atoms with Crippen molar-refractivity contribution in [2.45, 2.75) is 43.5 Å². The fourth-order valence-corrected chi connectivity index (χ4v) is 5.35. The third-order valence-electron chi connectivity index (χ3n) is 7.65. The number of methoxy groups -OCH3 is 1. The third-order valence-corrected chi connectivity index (χ3v) is 7.65. The number of fused-ring (bicyclic) bond motifs is 2. The molecule has 3 N–H and O–H groups in total. The van der Waals surface area contributed by atoms with Crippen molar-refractivity contribution in [2.24, 2.45) is 0 Å². The van der Waals surface area contributed by atoms with Gasteiger partial charge in [-0.2, -0.15) is 26.3 Å². The van der Waals surface area contributed by atoms with Crippen LogP contribution in [0.15, 0.2) is 48.5 Å². The average molecular weight is 680 g/mol. The summed E-state index contributed by atoms with van der Waals surface area (Å²) >= 11 is 0. The van der Waals surface area contributed by atoms with Gasteiger partial charge in [-0.05, 0) is 28.8 Å². The lowest BCUT2D eigenvalue weighted by Crippen LogP contribution is -2.44. The number of halogens is 6. The van der Waals surface area contributed by atoms with E-state index in [1.54, 1.807) is 7.11 Å². The van der Waals surface area contributed by atoms with E-state index in [4.69, 9.17) is 34.0 Å². The molecule has 47 heavy (non-hydrogen) atoms. The summed E-state index contributed by atoms with van der Waals surface area (Å²) in [6.07, 6.45) is -9.94. The first-order chi connectivity index (χ1) is 22.1. The molecule has 0 saturated carbocycles. The van der Waals surface area contributed by atoms with Crippen LogP contribution in [0.3, 0.4) is 0 Å². The minimum absolute atomic E-state index is 0.00848. The molecule has 3 aliphatic heterocycles. The number of nitrogens with one attached hydrogen (secondary N) is 1. The van der Waals surface area contributed by atoms with Crippen LogP contribution in [0.1, 0.15) is 23.1 Å². The average Bonchev–Trinajstić information content (AvgIpc) is 3.60. The van der Waals surface area contributed by atoms with Crippen molar-refractivity contribution in [1.29, 1.82) is 0 Å². The summed E-state index contributed by atoms with van der Waals surface area (Å²) < 4.78 is 80.4. The predicted molar refractivity (Wildman–Crippen MR) is 152 cm³/mol. The molecule has 1 amide bonds. The second-order valence-electron chi connectivity index (χ2n) is 10.8. The zero-order chi connectivity index (χ0) is 34.8. The van der Waals surface area contributed by atoms with Gasteiger partial charge in [-0.3, -0.25) is 14.6 Å².